The average molecular weight is 302 g/mol. The van der Waals surface area contributed by atoms with Crippen LogP contribution >= 0.6 is 11.6 Å². The second kappa shape index (κ2) is 5.47. The predicted octanol–water partition coefficient (Wildman–Crippen LogP) is 3.93. The van der Waals surface area contributed by atoms with Crippen LogP contribution in [-0.2, 0) is 0 Å². The van der Waals surface area contributed by atoms with Gasteiger partial charge in [-0.05, 0) is 50.1 Å². The molecule has 3 heterocycles. The molecule has 4 rings (SSSR count). The summed E-state index contributed by atoms with van der Waals surface area (Å²) >= 11 is 6.28. The number of fused-ring (bicyclic) bond motifs is 2. The molecule has 21 heavy (non-hydrogen) atoms. The monoisotopic (exact) mass is 301 g/mol. The summed E-state index contributed by atoms with van der Waals surface area (Å²) in [5, 5.41) is 5.55. The Kier molecular flexibility index (Phi) is 3.48. The van der Waals surface area contributed by atoms with E-state index >= 15 is 0 Å². The molecule has 2 aromatic rings. The molecule has 2 saturated heterocycles. The van der Waals surface area contributed by atoms with Gasteiger partial charge in [-0.2, -0.15) is 0 Å². The lowest BCUT2D eigenvalue weighted by Gasteiger charge is -2.33. The fraction of sp³-hybridized carbons (Fsp3) is 0.471. The number of hydrogen-bond acceptors (Lipinski definition) is 3. The molecule has 2 atom stereocenters. The van der Waals surface area contributed by atoms with Crippen molar-refractivity contribution in [1.29, 1.82) is 0 Å². The van der Waals surface area contributed by atoms with Gasteiger partial charge < -0.3 is 5.32 Å². The summed E-state index contributed by atoms with van der Waals surface area (Å²) in [6.07, 6.45) is 7.09. The van der Waals surface area contributed by atoms with Crippen LogP contribution in [0.1, 0.15) is 25.7 Å². The molecule has 3 nitrogen and oxygen atoms in total. The molecule has 4 heteroatoms. The highest BCUT2D eigenvalue weighted by molar-refractivity contribution is 6.35. The van der Waals surface area contributed by atoms with Gasteiger partial charge in [0.05, 0.1) is 16.2 Å². The van der Waals surface area contributed by atoms with E-state index in [1.165, 1.54) is 38.8 Å². The minimum Gasteiger partial charge on any atom is -0.379 e. The summed E-state index contributed by atoms with van der Waals surface area (Å²) in [6, 6.07) is 9.25. The number of piperidine rings is 1. The molecule has 0 saturated carbocycles. The number of aromatic nitrogens is 1. The standard InChI is InChI=1S/C17H20ClN3/c18-13-6-7-15(17-12(13)4-3-9-19-17)20-14-8-11-21-10-2-1-5-16(14)21/h3-4,6-7,9,14,16,20H,1-2,5,8,10-11H2. The van der Waals surface area contributed by atoms with E-state index in [0.29, 0.717) is 12.1 Å². The Morgan fingerprint density at radius 2 is 2.10 bits per heavy atom. The topological polar surface area (TPSA) is 28.2 Å². The van der Waals surface area contributed by atoms with Crippen LogP contribution in [0.4, 0.5) is 5.69 Å². The third-order valence-corrected chi connectivity index (χ3v) is 5.24. The van der Waals surface area contributed by atoms with E-state index in [2.05, 4.69) is 21.3 Å². The number of hydrogen-bond donors (Lipinski definition) is 1. The highest BCUT2D eigenvalue weighted by Gasteiger charge is 2.35. The Morgan fingerprint density at radius 3 is 3.05 bits per heavy atom. The van der Waals surface area contributed by atoms with Gasteiger partial charge in [-0.3, -0.25) is 9.88 Å². The number of nitrogens with one attached hydrogen (secondary N) is 1. The largest absolute Gasteiger partial charge is 0.379 e. The molecule has 2 fully saturated rings. The van der Waals surface area contributed by atoms with E-state index in [1.54, 1.807) is 0 Å². The number of nitrogens with zero attached hydrogens (tertiary/aromatic N) is 2. The first-order valence-electron chi connectivity index (χ1n) is 7.87. The maximum Gasteiger partial charge on any atom is 0.0948 e. The molecule has 1 N–H and O–H groups in total. The lowest BCUT2D eigenvalue weighted by molar-refractivity contribution is 0.193. The summed E-state index contributed by atoms with van der Waals surface area (Å²) < 4.78 is 0. The first kappa shape index (κ1) is 13.4. The van der Waals surface area contributed by atoms with E-state index in [9.17, 15) is 0 Å². The number of halogens is 1. The zero-order chi connectivity index (χ0) is 14.2. The summed E-state index contributed by atoms with van der Waals surface area (Å²) in [5.74, 6) is 0. The van der Waals surface area contributed by atoms with Crippen LogP contribution in [0.2, 0.25) is 5.02 Å². The SMILES string of the molecule is Clc1ccc(NC2CCN3CCCCC23)c2ncccc12. The minimum absolute atomic E-state index is 0.539. The van der Waals surface area contributed by atoms with E-state index in [4.69, 9.17) is 11.6 Å². The minimum atomic E-state index is 0.539. The average Bonchev–Trinajstić information content (AvgIpc) is 2.94. The van der Waals surface area contributed by atoms with Crippen LogP contribution in [-0.4, -0.2) is 35.1 Å². The molecule has 0 spiro atoms. The maximum atomic E-state index is 6.28. The van der Waals surface area contributed by atoms with Crippen LogP contribution in [0.5, 0.6) is 0 Å². The molecule has 0 radical (unpaired) electrons. The Morgan fingerprint density at radius 1 is 1.14 bits per heavy atom. The van der Waals surface area contributed by atoms with Crippen LogP contribution < -0.4 is 5.32 Å². The van der Waals surface area contributed by atoms with Crippen LogP contribution in [0, 0.1) is 0 Å². The Labute approximate surface area is 130 Å². The lowest BCUT2D eigenvalue weighted by atomic mass is 9.98. The molecule has 0 amide bonds. The van der Waals surface area contributed by atoms with Crippen LogP contribution in [0.15, 0.2) is 30.5 Å². The summed E-state index contributed by atoms with van der Waals surface area (Å²) in [6.45, 7) is 2.49. The van der Waals surface area contributed by atoms with Crippen LogP contribution in [0.25, 0.3) is 10.9 Å². The van der Waals surface area contributed by atoms with Gasteiger partial charge in [0.2, 0.25) is 0 Å². The Hall–Kier alpha value is -1.32. The summed E-state index contributed by atoms with van der Waals surface area (Å²) in [4.78, 5) is 7.17. The smallest absolute Gasteiger partial charge is 0.0948 e. The molecule has 1 aromatic heterocycles. The quantitative estimate of drug-likeness (QED) is 0.911. The molecule has 110 valence electrons. The Bertz CT molecular complexity index is 658. The molecule has 0 bridgehead atoms. The van der Waals surface area contributed by atoms with Crippen molar-refractivity contribution < 1.29 is 0 Å². The molecular formula is C17H20ClN3. The first-order valence-corrected chi connectivity index (χ1v) is 8.24. The second-order valence-electron chi connectivity index (χ2n) is 6.13. The third kappa shape index (κ3) is 2.39. The second-order valence-corrected chi connectivity index (χ2v) is 6.54. The van der Waals surface area contributed by atoms with Gasteiger partial charge in [0, 0.05) is 30.2 Å². The van der Waals surface area contributed by atoms with Crippen molar-refractivity contribution in [3.63, 3.8) is 0 Å². The van der Waals surface area contributed by atoms with Crippen molar-refractivity contribution in [1.82, 2.24) is 9.88 Å². The van der Waals surface area contributed by atoms with Crippen molar-refractivity contribution in [2.45, 2.75) is 37.8 Å². The Balaban J connectivity index is 1.64. The van der Waals surface area contributed by atoms with Gasteiger partial charge >= 0.3 is 0 Å². The number of rotatable bonds is 2. The van der Waals surface area contributed by atoms with Gasteiger partial charge in [-0.25, -0.2) is 0 Å². The van der Waals surface area contributed by atoms with E-state index in [0.717, 1.165) is 21.6 Å². The van der Waals surface area contributed by atoms with Gasteiger partial charge in [0.25, 0.3) is 0 Å². The van der Waals surface area contributed by atoms with Gasteiger partial charge in [-0.1, -0.05) is 18.0 Å². The zero-order valence-corrected chi connectivity index (χ0v) is 12.8. The zero-order valence-electron chi connectivity index (χ0n) is 12.1. The van der Waals surface area contributed by atoms with Gasteiger partial charge in [0.15, 0.2) is 0 Å². The normalized spacial score (nSPS) is 26.0. The van der Waals surface area contributed by atoms with Gasteiger partial charge in [-0.15, -0.1) is 0 Å². The van der Waals surface area contributed by atoms with E-state index in [-0.39, 0.29) is 0 Å². The molecule has 2 aliphatic heterocycles. The maximum absolute atomic E-state index is 6.28. The molecule has 2 unspecified atom stereocenters. The molecule has 1 aromatic carbocycles. The van der Waals surface area contributed by atoms with Crippen molar-refractivity contribution in [2.75, 3.05) is 18.4 Å². The van der Waals surface area contributed by atoms with Gasteiger partial charge in [0.1, 0.15) is 0 Å². The number of benzene rings is 1. The van der Waals surface area contributed by atoms with E-state index < -0.39 is 0 Å². The fourth-order valence-electron chi connectivity index (χ4n) is 3.87. The van der Waals surface area contributed by atoms with Crippen molar-refractivity contribution >= 4 is 28.2 Å². The van der Waals surface area contributed by atoms with Crippen molar-refractivity contribution in [2.24, 2.45) is 0 Å². The van der Waals surface area contributed by atoms with Crippen molar-refractivity contribution in [3.05, 3.63) is 35.5 Å². The summed E-state index contributed by atoms with van der Waals surface area (Å²) in [7, 11) is 0. The molecule has 0 aliphatic carbocycles. The number of pyridine rings is 1. The summed E-state index contributed by atoms with van der Waals surface area (Å²) in [5.41, 5.74) is 2.10. The molecule has 2 aliphatic rings. The first-order chi connectivity index (χ1) is 10.3. The predicted molar refractivity (Wildman–Crippen MR) is 88.0 cm³/mol. The van der Waals surface area contributed by atoms with E-state index in [1.807, 2.05) is 24.4 Å². The number of anilines is 1. The molecular weight excluding hydrogens is 282 g/mol. The third-order valence-electron chi connectivity index (χ3n) is 4.91. The highest BCUT2D eigenvalue weighted by Crippen LogP contribution is 2.33. The lowest BCUT2D eigenvalue weighted by Crippen LogP contribution is -2.41. The van der Waals surface area contributed by atoms with Crippen LogP contribution in [0.3, 0.4) is 0 Å². The van der Waals surface area contributed by atoms with Crippen molar-refractivity contribution in [3.8, 4) is 0 Å². The fourth-order valence-corrected chi connectivity index (χ4v) is 4.09. The highest BCUT2D eigenvalue weighted by atomic mass is 35.5.